The molecule has 3 N–H and O–H groups in total. The Balaban J connectivity index is 0.00000121. The van der Waals surface area contributed by atoms with Crippen molar-refractivity contribution in [3.05, 3.63) is 64.5 Å². The first kappa shape index (κ1) is 26.8. The van der Waals surface area contributed by atoms with Crippen molar-refractivity contribution in [2.24, 2.45) is 5.10 Å². The molecule has 7 nitrogen and oxygen atoms in total. The van der Waals surface area contributed by atoms with Crippen LogP contribution in [-0.2, 0) is 6.42 Å². The third-order valence-corrected chi connectivity index (χ3v) is 4.70. The Hall–Kier alpha value is -3.26. The topological polar surface area (TPSA) is 108 Å². The number of nitrogens with zero attached hydrogens (tertiary/aromatic N) is 1. The highest BCUT2D eigenvalue weighted by molar-refractivity contribution is 6.07. The number of carbonyl (C=O) groups excluding carboxylic acids is 1. The lowest BCUT2D eigenvalue weighted by Gasteiger charge is -2.26. The van der Waals surface area contributed by atoms with Crippen LogP contribution in [0.4, 0.5) is 4.39 Å². The molecule has 0 bridgehead atoms. The number of carboxylic acids is 1. The normalized spacial score (nSPS) is 12.9. The van der Waals surface area contributed by atoms with E-state index in [1.807, 2.05) is 13.8 Å². The molecule has 0 unspecified atom stereocenters. The van der Waals surface area contributed by atoms with Crippen LogP contribution < -0.4 is 10.2 Å². The van der Waals surface area contributed by atoms with Gasteiger partial charge in [-0.05, 0) is 55.2 Å². The Morgan fingerprint density at radius 1 is 1.19 bits per heavy atom. The molecule has 0 atom stereocenters. The minimum absolute atomic E-state index is 0.190. The number of carboxylic acid groups (broad SMARTS) is 1. The van der Waals surface area contributed by atoms with Gasteiger partial charge in [-0.25, -0.2) is 9.18 Å². The Kier molecular flexibility index (Phi) is 11.7. The molecule has 1 fully saturated rings. The fraction of sp³-hybridized carbons (Fsp3) is 0.375. The summed E-state index contributed by atoms with van der Waals surface area (Å²) in [4.78, 5) is 22.7. The average Bonchev–Trinajstić information content (AvgIpc) is 2.79. The van der Waals surface area contributed by atoms with Crippen molar-refractivity contribution in [3.8, 4) is 5.75 Å². The van der Waals surface area contributed by atoms with E-state index in [1.165, 1.54) is 12.1 Å². The molecular formula is C24H31FN2O5. The predicted molar refractivity (Wildman–Crippen MR) is 122 cm³/mol. The molecular weight excluding hydrogens is 415 g/mol. The van der Waals surface area contributed by atoms with Gasteiger partial charge in [-0.3, -0.25) is 4.79 Å². The van der Waals surface area contributed by atoms with Gasteiger partial charge in [-0.2, -0.15) is 5.10 Å². The molecule has 0 aromatic heterocycles. The standard InChI is InChI=1S/C21H21FN2O4.C2H6.CH4O/c1-23-24-20(10-13-5-8-19(22)18(9-13)21(26)27)17-11-16(7-6-14(17)12-25)28-15-3-2-4-15;2*1-2/h5-9,11-12,15,23H,2-4,10H2,1H3,(H,26,27);1-2H3;2H,1H3/b24-20-;;. The van der Waals surface area contributed by atoms with Crippen LogP contribution in [-0.4, -0.2) is 48.4 Å². The van der Waals surface area contributed by atoms with Gasteiger partial charge in [-0.1, -0.05) is 19.9 Å². The number of hydrazone groups is 1. The number of halogens is 1. The Bertz CT molecular complexity index is 927. The molecule has 0 aliphatic heterocycles. The number of nitrogens with one attached hydrogen (secondary N) is 1. The first-order chi connectivity index (χ1) is 15.5. The minimum atomic E-state index is -1.34. The van der Waals surface area contributed by atoms with Crippen LogP contribution in [0.3, 0.4) is 0 Å². The van der Waals surface area contributed by atoms with Crippen molar-refractivity contribution >= 4 is 18.0 Å². The number of benzene rings is 2. The van der Waals surface area contributed by atoms with E-state index in [0.717, 1.165) is 38.7 Å². The number of aromatic carboxylic acids is 1. The van der Waals surface area contributed by atoms with Gasteiger partial charge in [0.15, 0.2) is 6.29 Å². The van der Waals surface area contributed by atoms with E-state index in [4.69, 9.17) is 14.9 Å². The fourth-order valence-electron chi connectivity index (χ4n) is 3.01. The summed E-state index contributed by atoms with van der Waals surface area (Å²) in [5, 5.41) is 20.4. The molecule has 1 aliphatic rings. The smallest absolute Gasteiger partial charge is 0.338 e. The molecule has 2 aromatic rings. The van der Waals surface area contributed by atoms with Crippen molar-refractivity contribution in [1.29, 1.82) is 0 Å². The predicted octanol–water partition coefficient (Wildman–Crippen LogP) is 4.07. The van der Waals surface area contributed by atoms with E-state index in [0.29, 0.717) is 28.2 Å². The van der Waals surface area contributed by atoms with E-state index < -0.39 is 17.3 Å². The van der Waals surface area contributed by atoms with Gasteiger partial charge in [0.2, 0.25) is 0 Å². The van der Waals surface area contributed by atoms with Gasteiger partial charge in [-0.15, -0.1) is 0 Å². The van der Waals surface area contributed by atoms with Gasteiger partial charge < -0.3 is 20.4 Å². The molecule has 2 aromatic carbocycles. The lowest BCUT2D eigenvalue weighted by molar-refractivity contribution is 0.0691. The van der Waals surface area contributed by atoms with Gasteiger partial charge in [0.25, 0.3) is 0 Å². The lowest BCUT2D eigenvalue weighted by Crippen LogP contribution is -2.24. The zero-order valence-electron chi connectivity index (χ0n) is 18.9. The summed E-state index contributed by atoms with van der Waals surface area (Å²) < 4.78 is 19.6. The van der Waals surface area contributed by atoms with Crippen molar-refractivity contribution in [2.45, 2.75) is 45.6 Å². The van der Waals surface area contributed by atoms with E-state index in [-0.39, 0.29) is 12.5 Å². The molecule has 174 valence electrons. The second-order valence-corrected chi connectivity index (χ2v) is 6.62. The summed E-state index contributed by atoms with van der Waals surface area (Å²) in [7, 11) is 2.63. The summed E-state index contributed by atoms with van der Waals surface area (Å²) in [5.41, 5.74) is 4.42. The van der Waals surface area contributed by atoms with E-state index in [1.54, 1.807) is 25.2 Å². The largest absolute Gasteiger partial charge is 0.490 e. The Morgan fingerprint density at radius 2 is 1.88 bits per heavy atom. The monoisotopic (exact) mass is 446 g/mol. The molecule has 0 spiro atoms. The number of rotatable bonds is 8. The number of carbonyl (C=O) groups is 2. The zero-order valence-corrected chi connectivity index (χ0v) is 18.9. The maximum absolute atomic E-state index is 13.7. The lowest BCUT2D eigenvalue weighted by atomic mass is 9.95. The molecule has 0 amide bonds. The number of aliphatic hydroxyl groups excluding tert-OH is 1. The highest BCUT2D eigenvalue weighted by atomic mass is 19.1. The average molecular weight is 447 g/mol. The maximum atomic E-state index is 13.7. The second kappa shape index (κ2) is 13.9. The minimum Gasteiger partial charge on any atom is -0.490 e. The summed E-state index contributed by atoms with van der Waals surface area (Å²) in [6.07, 6.45) is 4.31. The number of hydrogen-bond donors (Lipinski definition) is 3. The second-order valence-electron chi connectivity index (χ2n) is 6.62. The zero-order chi connectivity index (χ0) is 24.1. The molecule has 32 heavy (non-hydrogen) atoms. The summed E-state index contributed by atoms with van der Waals surface area (Å²) in [6, 6.07) is 9.09. The van der Waals surface area contributed by atoms with Gasteiger partial charge in [0.05, 0.1) is 17.4 Å². The van der Waals surface area contributed by atoms with Crippen molar-refractivity contribution in [1.82, 2.24) is 5.43 Å². The maximum Gasteiger partial charge on any atom is 0.338 e. The molecule has 1 saturated carbocycles. The van der Waals surface area contributed by atoms with Crippen molar-refractivity contribution in [2.75, 3.05) is 14.2 Å². The molecule has 3 rings (SSSR count). The molecule has 0 saturated heterocycles. The van der Waals surface area contributed by atoms with Crippen molar-refractivity contribution in [3.63, 3.8) is 0 Å². The molecule has 0 heterocycles. The number of aldehydes is 1. The quantitative estimate of drug-likeness (QED) is 0.321. The Morgan fingerprint density at radius 3 is 2.41 bits per heavy atom. The van der Waals surface area contributed by atoms with Crippen LogP contribution in [0.1, 0.15) is 65.0 Å². The number of ether oxygens (including phenoxy) is 1. The summed E-state index contributed by atoms with van der Waals surface area (Å²) >= 11 is 0. The highest BCUT2D eigenvalue weighted by Gasteiger charge is 2.20. The molecule has 8 heteroatoms. The van der Waals surface area contributed by atoms with Gasteiger partial charge in [0, 0.05) is 31.7 Å². The van der Waals surface area contributed by atoms with Gasteiger partial charge in [0.1, 0.15) is 11.6 Å². The molecule has 1 aliphatic carbocycles. The van der Waals surface area contributed by atoms with E-state index in [2.05, 4.69) is 10.5 Å². The highest BCUT2D eigenvalue weighted by Crippen LogP contribution is 2.27. The first-order valence-corrected chi connectivity index (χ1v) is 10.5. The van der Waals surface area contributed by atoms with Crippen molar-refractivity contribution < 1.29 is 28.9 Å². The fourth-order valence-corrected chi connectivity index (χ4v) is 3.01. The van der Waals surface area contributed by atoms with Crippen LogP contribution in [0, 0.1) is 5.82 Å². The third kappa shape index (κ3) is 7.16. The van der Waals surface area contributed by atoms with Crippen LogP contribution in [0.25, 0.3) is 0 Å². The number of hydrogen-bond acceptors (Lipinski definition) is 6. The third-order valence-electron chi connectivity index (χ3n) is 4.70. The number of aliphatic hydroxyl groups is 1. The van der Waals surface area contributed by atoms with E-state index >= 15 is 0 Å². The first-order valence-electron chi connectivity index (χ1n) is 10.5. The van der Waals surface area contributed by atoms with E-state index in [9.17, 15) is 14.0 Å². The van der Waals surface area contributed by atoms with Crippen LogP contribution in [0.5, 0.6) is 5.75 Å². The summed E-state index contributed by atoms with van der Waals surface area (Å²) in [6.45, 7) is 4.00. The molecule has 0 radical (unpaired) electrons. The van der Waals surface area contributed by atoms with Crippen LogP contribution in [0.2, 0.25) is 0 Å². The van der Waals surface area contributed by atoms with Gasteiger partial charge >= 0.3 is 5.97 Å². The summed E-state index contributed by atoms with van der Waals surface area (Å²) in [5.74, 6) is -1.48. The van der Waals surface area contributed by atoms with Crippen LogP contribution in [0.15, 0.2) is 41.5 Å². The Labute approximate surface area is 187 Å². The SMILES string of the molecule is CC.CN/N=C(/Cc1ccc(F)c(C(=O)O)c1)c1cc(OC2CCC2)ccc1C=O.CO. The van der Waals surface area contributed by atoms with Crippen LogP contribution >= 0.6 is 0 Å².